The highest BCUT2D eigenvalue weighted by Gasteiger charge is 2.07. The Morgan fingerprint density at radius 1 is 1.29 bits per heavy atom. The Kier molecular flexibility index (Phi) is 4.98. The number of anilines is 1. The zero-order valence-corrected chi connectivity index (χ0v) is 14.3. The number of hydrogen-bond donors (Lipinski definition) is 2. The smallest absolute Gasteiger partial charge is 0.203 e. The van der Waals surface area contributed by atoms with Crippen molar-refractivity contribution in [3.63, 3.8) is 0 Å². The van der Waals surface area contributed by atoms with Crippen molar-refractivity contribution in [2.75, 3.05) is 12.5 Å². The molecular weight excluding hydrogens is 346 g/mol. The highest BCUT2D eigenvalue weighted by atomic mass is 35.5. The minimum atomic E-state index is 0.0333. The Balaban J connectivity index is 1.71. The Morgan fingerprint density at radius 3 is 2.83 bits per heavy atom. The molecule has 2 aromatic carbocycles. The van der Waals surface area contributed by atoms with Crippen LogP contribution in [0.15, 0.2) is 52.9 Å². The fraction of sp³-hybridized carbons (Fsp3) is 0.0588. The summed E-state index contributed by atoms with van der Waals surface area (Å²) in [4.78, 5) is 4.46. The molecule has 24 heavy (non-hydrogen) atoms. The van der Waals surface area contributed by atoms with E-state index >= 15 is 0 Å². The number of methoxy groups -OCH3 is 1. The first kappa shape index (κ1) is 16.3. The first-order valence-corrected chi connectivity index (χ1v) is 8.29. The highest BCUT2D eigenvalue weighted by molar-refractivity contribution is 7.14. The number of phenols is 1. The van der Waals surface area contributed by atoms with Crippen LogP contribution in [0.5, 0.6) is 11.5 Å². The van der Waals surface area contributed by atoms with Gasteiger partial charge < -0.3 is 9.84 Å². The Hall–Kier alpha value is -2.57. The zero-order valence-electron chi connectivity index (χ0n) is 12.7. The third kappa shape index (κ3) is 3.67. The van der Waals surface area contributed by atoms with Gasteiger partial charge in [0.1, 0.15) is 11.5 Å². The SMILES string of the molecule is COc1cc(O)c(C=NNc2nc(-c3ccccc3)cs2)cc1Cl. The quantitative estimate of drug-likeness (QED) is 0.515. The van der Waals surface area contributed by atoms with Crippen molar-refractivity contribution < 1.29 is 9.84 Å². The summed E-state index contributed by atoms with van der Waals surface area (Å²) in [5, 5.41) is 17.0. The average Bonchev–Trinajstić information content (AvgIpc) is 3.07. The number of phenolic OH excluding ortho intramolecular Hbond substituents is 1. The lowest BCUT2D eigenvalue weighted by molar-refractivity contribution is 0.408. The van der Waals surface area contributed by atoms with Crippen LogP contribution in [0, 0.1) is 0 Å². The molecule has 3 rings (SSSR count). The number of halogens is 1. The molecule has 1 heterocycles. The molecule has 0 radical (unpaired) electrons. The second-order valence-corrected chi connectivity index (χ2v) is 6.08. The van der Waals surface area contributed by atoms with Gasteiger partial charge in [-0.1, -0.05) is 41.9 Å². The van der Waals surface area contributed by atoms with E-state index in [1.54, 1.807) is 6.07 Å². The first-order valence-electron chi connectivity index (χ1n) is 7.04. The van der Waals surface area contributed by atoms with Crippen molar-refractivity contribution in [1.29, 1.82) is 0 Å². The van der Waals surface area contributed by atoms with Crippen molar-refractivity contribution >= 4 is 34.3 Å². The average molecular weight is 360 g/mol. The third-order valence-electron chi connectivity index (χ3n) is 3.24. The molecule has 0 spiro atoms. The molecule has 0 aliphatic heterocycles. The van der Waals surface area contributed by atoms with E-state index in [1.165, 1.54) is 30.7 Å². The van der Waals surface area contributed by atoms with Crippen molar-refractivity contribution in [1.82, 2.24) is 4.98 Å². The maximum Gasteiger partial charge on any atom is 0.203 e. The van der Waals surface area contributed by atoms with Crippen LogP contribution in [0.4, 0.5) is 5.13 Å². The molecule has 0 saturated heterocycles. The van der Waals surface area contributed by atoms with Gasteiger partial charge in [-0.15, -0.1) is 11.3 Å². The first-order chi connectivity index (χ1) is 11.7. The van der Waals surface area contributed by atoms with E-state index in [2.05, 4.69) is 15.5 Å². The molecule has 5 nitrogen and oxygen atoms in total. The summed E-state index contributed by atoms with van der Waals surface area (Å²) < 4.78 is 5.04. The molecule has 3 aromatic rings. The lowest BCUT2D eigenvalue weighted by Crippen LogP contribution is -1.92. The van der Waals surface area contributed by atoms with Gasteiger partial charge in [0.2, 0.25) is 5.13 Å². The number of aromatic nitrogens is 1. The van der Waals surface area contributed by atoms with E-state index < -0.39 is 0 Å². The molecule has 1 aromatic heterocycles. The van der Waals surface area contributed by atoms with Crippen LogP contribution in [-0.4, -0.2) is 23.4 Å². The summed E-state index contributed by atoms with van der Waals surface area (Å²) in [5.41, 5.74) is 5.26. The van der Waals surface area contributed by atoms with Crippen LogP contribution in [-0.2, 0) is 0 Å². The normalized spacial score (nSPS) is 10.9. The van der Waals surface area contributed by atoms with Gasteiger partial charge in [-0.3, -0.25) is 5.43 Å². The van der Waals surface area contributed by atoms with Gasteiger partial charge in [0.05, 0.1) is 24.0 Å². The molecule has 122 valence electrons. The summed E-state index contributed by atoms with van der Waals surface area (Å²) in [6.07, 6.45) is 1.48. The number of rotatable bonds is 5. The molecule has 0 aliphatic rings. The maximum atomic E-state index is 9.93. The number of hydrogen-bond acceptors (Lipinski definition) is 6. The molecule has 0 unspecified atom stereocenters. The predicted octanol–water partition coefficient (Wildman–Crippen LogP) is 4.62. The minimum Gasteiger partial charge on any atom is -0.507 e. The molecule has 0 amide bonds. The number of ether oxygens (including phenoxy) is 1. The van der Waals surface area contributed by atoms with Crippen LogP contribution in [0.25, 0.3) is 11.3 Å². The monoisotopic (exact) mass is 359 g/mol. The second-order valence-electron chi connectivity index (χ2n) is 4.82. The van der Waals surface area contributed by atoms with E-state index in [9.17, 15) is 5.11 Å². The summed E-state index contributed by atoms with van der Waals surface area (Å²) in [7, 11) is 1.49. The molecule has 0 atom stereocenters. The fourth-order valence-corrected chi connectivity index (χ4v) is 2.96. The van der Waals surface area contributed by atoms with Crippen molar-refractivity contribution in [2.45, 2.75) is 0 Å². The largest absolute Gasteiger partial charge is 0.507 e. The standard InChI is InChI=1S/C17H14ClN3O2S/c1-23-16-8-15(22)12(7-13(16)18)9-19-21-17-20-14(10-24-17)11-5-3-2-4-6-11/h2-10,22H,1H3,(H,20,21). The van der Waals surface area contributed by atoms with Crippen LogP contribution in [0.2, 0.25) is 5.02 Å². The van der Waals surface area contributed by atoms with Crippen LogP contribution in [0.3, 0.4) is 0 Å². The van der Waals surface area contributed by atoms with Gasteiger partial charge in [0, 0.05) is 22.6 Å². The van der Waals surface area contributed by atoms with E-state index in [1.807, 2.05) is 35.7 Å². The van der Waals surface area contributed by atoms with E-state index in [4.69, 9.17) is 16.3 Å². The van der Waals surface area contributed by atoms with Crippen LogP contribution in [0.1, 0.15) is 5.56 Å². The number of thiazole rings is 1. The lowest BCUT2D eigenvalue weighted by atomic mass is 10.2. The lowest BCUT2D eigenvalue weighted by Gasteiger charge is -2.05. The maximum absolute atomic E-state index is 9.93. The van der Waals surface area contributed by atoms with Gasteiger partial charge in [-0.2, -0.15) is 5.10 Å². The van der Waals surface area contributed by atoms with Crippen LogP contribution < -0.4 is 10.2 Å². The van der Waals surface area contributed by atoms with Gasteiger partial charge >= 0.3 is 0 Å². The number of benzene rings is 2. The van der Waals surface area contributed by atoms with Crippen LogP contribution >= 0.6 is 22.9 Å². The molecule has 2 N–H and O–H groups in total. The molecule has 7 heteroatoms. The predicted molar refractivity (Wildman–Crippen MR) is 98.4 cm³/mol. The molecule has 0 fully saturated rings. The van der Waals surface area contributed by atoms with E-state index in [0.29, 0.717) is 21.5 Å². The highest BCUT2D eigenvalue weighted by Crippen LogP contribution is 2.31. The summed E-state index contributed by atoms with van der Waals surface area (Å²) >= 11 is 7.49. The number of aromatic hydroxyl groups is 1. The summed E-state index contributed by atoms with van der Waals surface area (Å²) in [6, 6.07) is 12.9. The van der Waals surface area contributed by atoms with Crippen molar-refractivity contribution in [3.8, 4) is 22.8 Å². The van der Waals surface area contributed by atoms with Gasteiger partial charge in [-0.25, -0.2) is 4.98 Å². The Morgan fingerprint density at radius 2 is 2.08 bits per heavy atom. The number of hydrazone groups is 1. The summed E-state index contributed by atoms with van der Waals surface area (Å²) in [6.45, 7) is 0. The Labute approximate surface area is 148 Å². The van der Waals surface area contributed by atoms with Crippen molar-refractivity contribution in [3.05, 3.63) is 58.4 Å². The van der Waals surface area contributed by atoms with Crippen molar-refractivity contribution in [2.24, 2.45) is 5.10 Å². The fourth-order valence-electron chi connectivity index (χ4n) is 2.04. The topological polar surface area (TPSA) is 66.7 Å². The van der Waals surface area contributed by atoms with Gasteiger partial charge in [0.15, 0.2) is 0 Å². The van der Waals surface area contributed by atoms with Gasteiger partial charge in [0.25, 0.3) is 0 Å². The third-order valence-corrected chi connectivity index (χ3v) is 4.28. The molecular formula is C17H14ClN3O2S. The summed E-state index contributed by atoms with van der Waals surface area (Å²) in [5.74, 6) is 0.442. The Bertz CT molecular complexity index is 866. The molecule has 0 bridgehead atoms. The van der Waals surface area contributed by atoms with E-state index in [-0.39, 0.29) is 5.75 Å². The van der Waals surface area contributed by atoms with E-state index in [0.717, 1.165) is 11.3 Å². The zero-order chi connectivity index (χ0) is 16.9. The number of nitrogens with one attached hydrogen (secondary N) is 1. The second kappa shape index (κ2) is 7.33. The molecule has 0 saturated carbocycles. The van der Waals surface area contributed by atoms with Gasteiger partial charge in [-0.05, 0) is 6.07 Å². The minimum absolute atomic E-state index is 0.0333. The molecule has 0 aliphatic carbocycles. The number of nitrogens with zero attached hydrogens (tertiary/aromatic N) is 2.